The molecule has 2 amide bonds. The first-order valence-electron chi connectivity index (χ1n) is 7.66. The van der Waals surface area contributed by atoms with E-state index in [1.807, 2.05) is 6.07 Å². The van der Waals surface area contributed by atoms with Crippen molar-refractivity contribution in [3.05, 3.63) is 59.7 Å². The lowest BCUT2D eigenvalue weighted by molar-refractivity contribution is -0.174. The molecular formula is C18H17F3N2O3. The van der Waals surface area contributed by atoms with Gasteiger partial charge in [-0.05, 0) is 36.8 Å². The number of para-hydroxylation sites is 1. The molecule has 26 heavy (non-hydrogen) atoms. The summed E-state index contributed by atoms with van der Waals surface area (Å²) in [6.45, 7) is -0.538. The van der Waals surface area contributed by atoms with Crippen LogP contribution in [0.15, 0.2) is 48.5 Å². The molecule has 0 spiro atoms. The number of hydrogen-bond acceptors (Lipinski definition) is 3. The lowest BCUT2D eigenvalue weighted by atomic mass is 10.1. The highest BCUT2D eigenvalue weighted by molar-refractivity contribution is 6.05. The van der Waals surface area contributed by atoms with Crippen LogP contribution in [0.2, 0.25) is 0 Å². The Kier molecular flexibility index (Phi) is 6.35. The maximum Gasteiger partial charge on any atom is 0.411 e. The molecule has 5 nitrogen and oxygen atoms in total. The topological polar surface area (TPSA) is 67.4 Å². The van der Waals surface area contributed by atoms with Crippen molar-refractivity contribution in [3.63, 3.8) is 0 Å². The van der Waals surface area contributed by atoms with Gasteiger partial charge in [-0.1, -0.05) is 24.3 Å². The minimum Gasteiger partial charge on any atom is -0.362 e. The van der Waals surface area contributed by atoms with E-state index in [2.05, 4.69) is 15.4 Å². The zero-order valence-electron chi connectivity index (χ0n) is 13.9. The number of rotatable bonds is 6. The molecule has 138 valence electrons. The van der Waals surface area contributed by atoms with E-state index in [4.69, 9.17) is 0 Å². The summed E-state index contributed by atoms with van der Waals surface area (Å²) in [4.78, 5) is 24.0. The third kappa shape index (κ3) is 6.21. The third-order valence-electron chi connectivity index (χ3n) is 3.30. The van der Waals surface area contributed by atoms with Gasteiger partial charge in [-0.15, -0.1) is 0 Å². The normalized spacial score (nSPS) is 11.1. The quantitative estimate of drug-likeness (QED) is 0.818. The number of halogens is 3. The minimum atomic E-state index is -4.49. The van der Waals surface area contributed by atoms with Crippen molar-refractivity contribution in [1.82, 2.24) is 0 Å². The summed E-state index contributed by atoms with van der Waals surface area (Å²) in [5.41, 5.74) is 1.90. The number of carbonyl (C=O) groups excluding carboxylic acids is 2. The Morgan fingerprint density at radius 2 is 1.73 bits per heavy atom. The Labute approximate surface area is 148 Å². The van der Waals surface area contributed by atoms with Gasteiger partial charge >= 0.3 is 6.18 Å². The number of carbonyl (C=O) groups is 2. The fourth-order valence-electron chi connectivity index (χ4n) is 2.07. The van der Waals surface area contributed by atoms with Crippen LogP contribution in [0.25, 0.3) is 0 Å². The van der Waals surface area contributed by atoms with Crippen LogP contribution >= 0.6 is 0 Å². The van der Waals surface area contributed by atoms with Gasteiger partial charge in [0.15, 0.2) is 0 Å². The number of alkyl halides is 3. The van der Waals surface area contributed by atoms with Gasteiger partial charge in [0.2, 0.25) is 5.91 Å². The molecule has 0 aliphatic carbocycles. The molecule has 0 fully saturated rings. The molecule has 0 aromatic heterocycles. The second-order valence-corrected chi connectivity index (χ2v) is 5.51. The summed E-state index contributed by atoms with van der Waals surface area (Å²) in [6, 6.07) is 13.5. The van der Waals surface area contributed by atoms with E-state index in [-0.39, 0.29) is 5.91 Å². The van der Waals surface area contributed by atoms with E-state index in [0.717, 1.165) is 0 Å². The van der Waals surface area contributed by atoms with E-state index in [1.54, 1.807) is 43.3 Å². The summed E-state index contributed by atoms with van der Waals surface area (Å²) in [7, 11) is 0. The van der Waals surface area contributed by atoms with Gasteiger partial charge in [-0.3, -0.25) is 9.59 Å². The first-order chi connectivity index (χ1) is 12.2. The molecule has 0 heterocycles. The first kappa shape index (κ1) is 19.5. The van der Waals surface area contributed by atoms with Gasteiger partial charge in [0, 0.05) is 16.9 Å². The molecule has 2 aromatic rings. The van der Waals surface area contributed by atoms with Crippen molar-refractivity contribution in [2.45, 2.75) is 13.1 Å². The Morgan fingerprint density at radius 3 is 2.38 bits per heavy atom. The molecule has 8 heteroatoms. The predicted molar refractivity (Wildman–Crippen MR) is 91.1 cm³/mol. The molecule has 0 unspecified atom stereocenters. The van der Waals surface area contributed by atoms with E-state index in [0.29, 0.717) is 22.5 Å². The SMILES string of the molecule is Cc1ccc(C(=O)Nc2ccccc2)cc1NC(=O)COCC(F)(F)F. The maximum absolute atomic E-state index is 12.3. The van der Waals surface area contributed by atoms with Crippen molar-refractivity contribution < 1.29 is 27.5 Å². The number of ether oxygens (including phenoxy) is 1. The second kappa shape index (κ2) is 8.48. The van der Waals surface area contributed by atoms with E-state index in [1.165, 1.54) is 6.07 Å². The fourth-order valence-corrected chi connectivity index (χ4v) is 2.07. The lowest BCUT2D eigenvalue weighted by Crippen LogP contribution is -2.24. The second-order valence-electron chi connectivity index (χ2n) is 5.51. The monoisotopic (exact) mass is 366 g/mol. The Balaban J connectivity index is 2.00. The zero-order valence-corrected chi connectivity index (χ0v) is 13.9. The van der Waals surface area contributed by atoms with Crippen molar-refractivity contribution in [1.29, 1.82) is 0 Å². The van der Waals surface area contributed by atoms with Crippen molar-refractivity contribution >= 4 is 23.2 Å². The van der Waals surface area contributed by atoms with Gasteiger partial charge in [-0.2, -0.15) is 13.2 Å². The molecule has 2 N–H and O–H groups in total. The molecule has 0 atom stereocenters. The Hall–Kier alpha value is -2.87. The number of aryl methyl sites for hydroxylation is 1. The average Bonchev–Trinajstić information content (AvgIpc) is 2.56. The lowest BCUT2D eigenvalue weighted by Gasteiger charge is -2.12. The summed E-state index contributed by atoms with van der Waals surface area (Å²) < 4.78 is 40.4. The highest BCUT2D eigenvalue weighted by Gasteiger charge is 2.27. The molecule has 2 rings (SSSR count). The fraction of sp³-hybridized carbons (Fsp3) is 0.222. The molecule has 0 aliphatic heterocycles. The Morgan fingerprint density at radius 1 is 1.04 bits per heavy atom. The van der Waals surface area contributed by atoms with Crippen molar-refractivity contribution in [3.8, 4) is 0 Å². The Bertz CT molecular complexity index is 777. The number of benzene rings is 2. The smallest absolute Gasteiger partial charge is 0.362 e. The molecule has 2 aromatic carbocycles. The average molecular weight is 366 g/mol. The van der Waals surface area contributed by atoms with Crippen LogP contribution in [0.4, 0.5) is 24.5 Å². The molecule has 0 radical (unpaired) electrons. The largest absolute Gasteiger partial charge is 0.411 e. The number of hydrogen-bond donors (Lipinski definition) is 2. The molecule has 0 saturated heterocycles. The van der Waals surface area contributed by atoms with Gasteiger partial charge in [0.1, 0.15) is 13.2 Å². The third-order valence-corrected chi connectivity index (χ3v) is 3.30. The number of amides is 2. The molecule has 0 aliphatic rings. The van der Waals surface area contributed by atoms with Gasteiger partial charge in [0.25, 0.3) is 5.91 Å². The molecule has 0 bridgehead atoms. The zero-order chi connectivity index (χ0) is 19.2. The van der Waals surface area contributed by atoms with Gasteiger partial charge in [0.05, 0.1) is 0 Å². The van der Waals surface area contributed by atoms with Crippen LogP contribution in [-0.4, -0.2) is 31.2 Å². The number of anilines is 2. The highest BCUT2D eigenvalue weighted by Crippen LogP contribution is 2.19. The van der Waals surface area contributed by atoms with Crippen molar-refractivity contribution in [2.24, 2.45) is 0 Å². The summed E-state index contributed by atoms with van der Waals surface area (Å²) >= 11 is 0. The molecular weight excluding hydrogens is 349 g/mol. The minimum absolute atomic E-state index is 0.297. The number of nitrogens with one attached hydrogen (secondary N) is 2. The molecule has 0 saturated carbocycles. The van der Waals surface area contributed by atoms with Crippen LogP contribution in [0, 0.1) is 6.92 Å². The highest BCUT2D eigenvalue weighted by atomic mass is 19.4. The van der Waals surface area contributed by atoms with Crippen LogP contribution < -0.4 is 10.6 Å². The van der Waals surface area contributed by atoms with E-state index in [9.17, 15) is 22.8 Å². The van der Waals surface area contributed by atoms with Crippen LogP contribution in [0.5, 0.6) is 0 Å². The van der Waals surface area contributed by atoms with Gasteiger partial charge in [-0.25, -0.2) is 0 Å². The van der Waals surface area contributed by atoms with E-state index < -0.39 is 25.3 Å². The summed E-state index contributed by atoms with van der Waals surface area (Å²) in [5, 5.41) is 5.15. The van der Waals surface area contributed by atoms with Crippen LogP contribution in [-0.2, 0) is 9.53 Å². The van der Waals surface area contributed by atoms with Crippen LogP contribution in [0.1, 0.15) is 15.9 Å². The first-order valence-corrected chi connectivity index (χ1v) is 7.66. The van der Waals surface area contributed by atoms with E-state index >= 15 is 0 Å². The standard InChI is InChI=1S/C18H17F3N2O3/c1-12-7-8-13(17(25)22-14-5-3-2-4-6-14)9-15(12)23-16(24)10-26-11-18(19,20)21/h2-9H,10-11H2,1H3,(H,22,25)(H,23,24). The summed E-state index contributed by atoms with van der Waals surface area (Å²) in [5.74, 6) is -1.11. The van der Waals surface area contributed by atoms with Gasteiger partial charge < -0.3 is 15.4 Å². The van der Waals surface area contributed by atoms with Crippen LogP contribution in [0.3, 0.4) is 0 Å². The van der Waals surface area contributed by atoms with Crippen molar-refractivity contribution in [2.75, 3.05) is 23.8 Å². The maximum atomic E-state index is 12.3. The summed E-state index contributed by atoms with van der Waals surface area (Å²) in [6.07, 6.45) is -4.49. The predicted octanol–water partition coefficient (Wildman–Crippen LogP) is 3.76.